The second-order valence-electron chi connectivity index (χ2n) is 32.2. The standard InChI is InChI=1S/C112H90N8/c1-9-79-65(5)105-103(106-66(6)80(10-2)88(114-106)62-92-96(70-41-23-14-24-42-70)100(74-49-31-18-32-50-74)110(118-92)109-99(73-47-29-17-30-48-73)95(69-39-21-13-22-40-69)91(117-109)61-87(79)113-105)83-57-37-55-77-59-78-56-38-58-84(86(78)60-85(77)83)104-107-67(7)81(11-3)89(115-107)63-93-97(71-43-25-15-26-44-71)101(75-51-33-19-34-52-75)111(119-93)112-102(76-53-35-20-36-54-76)98(72-45-27-16-28-46-72)94(120-112)64-90-82(12-4)68(8)108(104)116-90/h13-64,113-117,119H,9-12H2,1-8H3. The summed E-state index contributed by atoms with van der Waals surface area (Å²) in [6.07, 6.45) is 3.13. The zero-order valence-electron chi connectivity index (χ0n) is 68.7. The van der Waals surface area contributed by atoms with E-state index in [2.05, 4.69) is 401 Å². The Bertz CT molecular complexity index is 7210. The Kier molecular flexibility index (Phi) is 18.2. The Morgan fingerprint density at radius 3 is 0.767 bits per heavy atom. The lowest BCUT2D eigenvalue weighted by atomic mass is 9.90. The third kappa shape index (κ3) is 11.9. The van der Waals surface area contributed by atoms with Crippen LogP contribution < -0.4 is 0 Å². The van der Waals surface area contributed by atoms with Crippen LogP contribution in [0, 0.1) is 27.7 Å². The average molecular weight is 1550 g/mol. The molecule has 0 amide bonds. The molecule has 0 radical (unpaired) electrons. The SMILES string of the molecule is CCc1c(C)c2[nH]c1cc1nc(c3[nH]c(cc4[nH]c(c(C)c4CC)c2-c2cccc4cc5cccc(-c6c7[nH]c(cc8nc(c9[nH]c(cc%10[nH]c6c(C)c%10CC)c(-c6ccccc6)c9-c6ccccc6)C(c6ccccc6)=C8c6ccccc6)c(CC)c7C)c5cc24)c(-c2ccccc2)c3-c2ccccc2)C(c2ccccc2)=C1c1ccccc1. The van der Waals surface area contributed by atoms with Crippen LogP contribution >= 0.6 is 0 Å². The van der Waals surface area contributed by atoms with Gasteiger partial charge in [0.1, 0.15) is 0 Å². The zero-order valence-corrected chi connectivity index (χ0v) is 68.7. The van der Waals surface area contributed by atoms with Crippen molar-refractivity contribution in [1.82, 2.24) is 39.9 Å². The molecule has 8 aromatic heterocycles. The molecule has 0 fully saturated rings. The number of fused-ring (bicyclic) bond motifs is 20. The second-order valence-corrected chi connectivity index (χ2v) is 32.2. The topological polar surface area (TPSA) is 121 Å². The quantitative estimate of drug-likeness (QED) is 0.0608. The van der Waals surface area contributed by atoms with E-state index in [-0.39, 0.29) is 0 Å². The van der Waals surface area contributed by atoms with Crippen LogP contribution in [0.5, 0.6) is 0 Å². The van der Waals surface area contributed by atoms with E-state index >= 15 is 0 Å². The van der Waals surface area contributed by atoms with Crippen LogP contribution in [0.4, 0.5) is 0 Å². The van der Waals surface area contributed by atoms with Gasteiger partial charge >= 0.3 is 0 Å². The van der Waals surface area contributed by atoms with Gasteiger partial charge in [-0.25, -0.2) is 9.97 Å². The van der Waals surface area contributed by atoms with Gasteiger partial charge in [-0.1, -0.05) is 307 Å². The lowest BCUT2D eigenvalue weighted by Crippen LogP contribution is -1.92. The summed E-state index contributed by atoms with van der Waals surface area (Å²) in [4.78, 5) is 37.7. The summed E-state index contributed by atoms with van der Waals surface area (Å²) in [5, 5.41) is 4.55. The van der Waals surface area contributed by atoms with Crippen LogP contribution in [0.2, 0.25) is 0 Å². The third-order valence-electron chi connectivity index (χ3n) is 25.6. The molecule has 120 heavy (non-hydrogen) atoms. The van der Waals surface area contributed by atoms with E-state index in [0.717, 1.165) is 248 Å². The molecule has 2 aliphatic heterocycles. The molecular weight excluding hydrogens is 1460 g/mol. The largest absolute Gasteiger partial charge is 0.354 e. The first-order chi connectivity index (χ1) is 59.0. The van der Waals surface area contributed by atoms with Gasteiger partial charge in [0, 0.05) is 88.8 Å². The van der Waals surface area contributed by atoms with Gasteiger partial charge in [0.05, 0.1) is 55.9 Å². The molecule has 21 rings (SSSR count). The number of H-pyrrole nitrogens is 6. The molecule has 10 heterocycles. The highest BCUT2D eigenvalue weighted by Gasteiger charge is 2.33. The van der Waals surface area contributed by atoms with Gasteiger partial charge in [-0.05, 0) is 211 Å². The van der Waals surface area contributed by atoms with E-state index in [1.54, 1.807) is 0 Å². The molecular formula is C112H90N8. The molecule has 0 atom stereocenters. The molecule has 11 aromatic carbocycles. The lowest BCUT2D eigenvalue weighted by molar-refractivity contribution is 1.14. The van der Waals surface area contributed by atoms with Gasteiger partial charge in [-0.2, -0.15) is 0 Å². The summed E-state index contributed by atoms with van der Waals surface area (Å²) >= 11 is 0. The normalized spacial score (nSPS) is 12.4. The van der Waals surface area contributed by atoms with Crippen LogP contribution in [0.1, 0.15) is 117 Å². The van der Waals surface area contributed by atoms with Gasteiger partial charge in [0.25, 0.3) is 0 Å². The van der Waals surface area contributed by atoms with Crippen molar-refractivity contribution in [2.45, 2.75) is 81.1 Å². The number of aromatic amines is 6. The van der Waals surface area contributed by atoms with E-state index in [0.29, 0.717) is 0 Å². The molecule has 578 valence electrons. The predicted molar refractivity (Wildman–Crippen MR) is 506 cm³/mol. The lowest BCUT2D eigenvalue weighted by Gasteiger charge is -2.14. The van der Waals surface area contributed by atoms with Crippen molar-refractivity contribution in [2.75, 3.05) is 0 Å². The Morgan fingerprint density at radius 1 is 0.217 bits per heavy atom. The number of aryl methyl sites for hydroxylation is 8. The first-order valence-corrected chi connectivity index (χ1v) is 42.4. The van der Waals surface area contributed by atoms with Crippen molar-refractivity contribution in [3.05, 3.63) is 405 Å². The predicted octanol–water partition coefficient (Wildman–Crippen LogP) is 29.2. The van der Waals surface area contributed by atoms with Crippen LogP contribution in [0.15, 0.2) is 315 Å². The number of benzene rings is 11. The number of hydrogen-bond donors (Lipinski definition) is 6. The van der Waals surface area contributed by atoms with Crippen LogP contribution in [-0.2, 0) is 25.7 Å². The van der Waals surface area contributed by atoms with Crippen molar-refractivity contribution in [2.24, 2.45) is 0 Å². The number of hydrogen-bond acceptors (Lipinski definition) is 2. The Balaban J connectivity index is 0.897. The molecule has 0 saturated carbocycles. The summed E-state index contributed by atoms with van der Waals surface area (Å²) < 4.78 is 0. The summed E-state index contributed by atoms with van der Waals surface area (Å²) in [7, 11) is 0. The fourth-order valence-corrected chi connectivity index (χ4v) is 20.1. The molecule has 8 nitrogen and oxygen atoms in total. The minimum Gasteiger partial charge on any atom is -0.354 e. The van der Waals surface area contributed by atoms with E-state index in [4.69, 9.17) is 9.97 Å². The molecule has 0 saturated heterocycles. The van der Waals surface area contributed by atoms with Crippen LogP contribution in [-0.4, -0.2) is 39.9 Å². The van der Waals surface area contributed by atoms with Crippen molar-refractivity contribution < 1.29 is 0 Å². The highest BCUT2D eigenvalue weighted by atomic mass is 14.8. The Hall–Kier alpha value is -14.6. The molecule has 0 aliphatic carbocycles. The highest BCUT2D eigenvalue weighted by molar-refractivity contribution is 6.19. The van der Waals surface area contributed by atoms with Crippen molar-refractivity contribution in [3.8, 4) is 66.8 Å². The summed E-state index contributed by atoms with van der Waals surface area (Å²) in [6.45, 7) is 18.5. The number of nitrogens with zero attached hydrogens (tertiary/aromatic N) is 2. The molecule has 2 aliphatic rings. The van der Waals surface area contributed by atoms with E-state index < -0.39 is 0 Å². The van der Waals surface area contributed by atoms with Crippen molar-refractivity contribution >= 4 is 110 Å². The Labute approximate surface area is 698 Å². The first kappa shape index (κ1) is 73.1. The molecule has 19 aromatic rings. The highest BCUT2D eigenvalue weighted by Crippen LogP contribution is 2.52. The van der Waals surface area contributed by atoms with Gasteiger partial charge in [-0.3, -0.25) is 0 Å². The van der Waals surface area contributed by atoms with E-state index in [1.807, 2.05) is 0 Å². The molecule has 0 unspecified atom stereocenters. The average Bonchev–Trinajstić information content (AvgIpc) is 1.56. The van der Waals surface area contributed by atoms with Crippen molar-refractivity contribution in [1.29, 1.82) is 0 Å². The molecule has 6 N–H and O–H groups in total. The fourth-order valence-electron chi connectivity index (χ4n) is 20.1. The minimum atomic E-state index is 0.780. The fraction of sp³-hybridized carbons (Fsp3) is 0.107. The summed E-state index contributed by atoms with van der Waals surface area (Å²) in [5.41, 5.74) is 47.5. The van der Waals surface area contributed by atoms with Gasteiger partial charge in [0.2, 0.25) is 0 Å². The number of nitrogens with one attached hydrogen (secondary N) is 6. The maximum atomic E-state index is 6.03. The maximum absolute atomic E-state index is 6.03. The molecule has 16 bridgehead atoms. The number of aromatic nitrogens is 8. The molecule has 8 heteroatoms. The minimum absolute atomic E-state index is 0.780. The van der Waals surface area contributed by atoms with E-state index in [1.165, 1.54) is 44.5 Å². The zero-order chi connectivity index (χ0) is 81.0. The molecule has 0 spiro atoms. The van der Waals surface area contributed by atoms with Crippen LogP contribution in [0.25, 0.3) is 177 Å². The third-order valence-corrected chi connectivity index (χ3v) is 25.6. The summed E-state index contributed by atoms with van der Waals surface area (Å²) in [6, 6.07) is 116. The second kappa shape index (κ2) is 29.8. The van der Waals surface area contributed by atoms with Crippen LogP contribution in [0.3, 0.4) is 0 Å². The Morgan fingerprint density at radius 2 is 0.475 bits per heavy atom. The van der Waals surface area contributed by atoms with Crippen molar-refractivity contribution in [3.63, 3.8) is 0 Å². The first-order valence-electron chi connectivity index (χ1n) is 42.4. The van der Waals surface area contributed by atoms with E-state index in [9.17, 15) is 0 Å². The maximum Gasteiger partial charge on any atom is 0.0963 e. The number of rotatable bonds is 14. The van der Waals surface area contributed by atoms with Gasteiger partial charge in [0.15, 0.2) is 0 Å². The monoisotopic (exact) mass is 1550 g/mol. The van der Waals surface area contributed by atoms with Gasteiger partial charge < -0.3 is 29.9 Å². The smallest absolute Gasteiger partial charge is 0.0963 e. The summed E-state index contributed by atoms with van der Waals surface area (Å²) in [5.74, 6) is 0. The van der Waals surface area contributed by atoms with Gasteiger partial charge in [-0.15, -0.1) is 0 Å².